The molecule has 1 aliphatic heterocycles. The van der Waals surface area contributed by atoms with Crippen molar-refractivity contribution < 1.29 is 22.8 Å². The minimum atomic E-state index is -4.22. The second-order valence-corrected chi connectivity index (χ2v) is 6.17. The number of halogens is 3. The van der Waals surface area contributed by atoms with Crippen LogP contribution >= 0.6 is 0 Å². The molecular formula is C17H21F3N2O2. The Kier molecular flexibility index (Phi) is 5.64. The summed E-state index contributed by atoms with van der Waals surface area (Å²) < 4.78 is 38.6. The lowest BCUT2D eigenvalue weighted by molar-refractivity contribution is -0.188. The number of rotatable bonds is 4. The Morgan fingerprint density at radius 3 is 2.42 bits per heavy atom. The minimum Gasteiger partial charge on any atom is -0.325 e. The largest absolute Gasteiger partial charge is 0.393 e. The monoisotopic (exact) mass is 342 g/mol. The summed E-state index contributed by atoms with van der Waals surface area (Å²) in [5, 5.41) is 2.69. The lowest BCUT2D eigenvalue weighted by Gasteiger charge is -2.36. The van der Waals surface area contributed by atoms with Crippen LogP contribution in [0.5, 0.6) is 0 Å². The lowest BCUT2D eigenvalue weighted by Crippen LogP contribution is -2.49. The van der Waals surface area contributed by atoms with Gasteiger partial charge in [-0.15, -0.1) is 0 Å². The molecule has 24 heavy (non-hydrogen) atoms. The number of carbonyl (C=O) groups is 2. The fourth-order valence-corrected chi connectivity index (χ4v) is 2.83. The van der Waals surface area contributed by atoms with Crippen molar-refractivity contribution in [3.05, 3.63) is 29.8 Å². The van der Waals surface area contributed by atoms with E-state index in [9.17, 15) is 22.8 Å². The molecule has 1 N–H and O–H groups in total. The van der Waals surface area contributed by atoms with Gasteiger partial charge >= 0.3 is 6.18 Å². The molecule has 0 unspecified atom stereocenters. The van der Waals surface area contributed by atoms with E-state index >= 15 is 0 Å². The average Bonchev–Trinajstić information content (AvgIpc) is 2.54. The normalized spacial score (nSPS) is 20.5. The Morgan fingerprint density at radius 1 is 1.25 bits per heavy atom. The number of hydrogen-bond acceptors (Lipinski definition) is 3. The molecule has 0 radical (unpaired) electrons. The van der Waals surface area contributed by atoms with Gasteiger partial charge in [0.1, 0.15) is 0 Å². The van der Waals surface area contributed by atoms with Crippen LogP contribution in [0.3, 0.4) is 0 Å². The van der Waals surface area contributed by atoms with Gasteiger partial charge in [0.2, 0.25) is 5.91 Å². The Balaban J connectivity index is 1.97. The molecule has 0 bridgehead atoms. The molecule has 0 aliphatic carbocycles. The summed E-state index contributed by atoms with van der Waals surface area (Å²) in [5.41, 5.74) is 1.05. The highest BCUT2D eigenvalue weighted by molar-refractivity contribution is 5.96. The number of ketones is 1. The van der Waals surface area contributed by atoms with Crippen LogP contribution < -0.4 is 5.32 Å². The first-order valence-corrected chi connectivity index (χ1v) is 7.91. The van der Waals surface area contributed by atoms with E-state index in [1.165, 1.54) is 6.92 Å². The molecule has 0 aromatic heterocycles. The van der Waals surface area contributed by atoms with Gasteiger partial charge in [-0.1, -0.05) is 0 Å². The van der Waals surface area contributed by atoms with E-state index in [0.29, 0.717) is 24.2 Å². The molecule has 1 aromatic carbocycles. The van der Waals surface area contributed by atoms with Crippen LogP contribution in [0, 0.1) is 5.92 Å². The van der Waals surface area contributed by atoms with Gasteiger partial charge in [0.15, 0.2) is 5.78 Å². The Bertz CT molecular complexity index is 599. The topological polar surface area (TPSA) is 49.4 Å². The number of hydrogen-bond donors (Lipinski definition) is 1. The molecule has 1 amide bonds. The molecule has 1 fully saturated rings. The smallest absolute Gasteiger partial charge is 0.325 e. The predicted octanol–water partition coefficient (Wildman–Crippen LogP) is 3.49. The number of nitrogens with zero attached hydrogens (tertiary/aromatic N) is 1. The molecule has 1 heterocycles. The summed E-state index contributed by atoms with van der Waals surface area (Å²) in [5.74, 6) is -1.81. The van der Waals surface area contributed by atoms with Crippen molar-refractivity contribution in [1.29, 1.82) is 0 Å². The van der Waals surface area contributed by atoms with E-state index < -0.39 is 18.1 Å². The Morgan fingerprint density at radius 2 is 1.88 bits per heavy atom. The molecule has 4 nitrogen and oxygen atoms in total. The quantitative estimate of drug-likeness (QED) is 0.852. The van der Waals surface area contributed by atoms with E-state index in [1.54, 1.807) is 36.1 Å². The number of alkyl halides is 3. The van der Waals surface area contributed by atoms with Crippen molar-refractivity contribution in [1.82, 2.24) is 4.90 Å². The first-order chi connectivity index (χ1) is 11.2. The van der Waals surface area contributed by atoms with Crippen LogP contribution in [-0.4, -0.2) is 41.9 Å². The molecule has 2 atom stereocenters. The van der Waals surface area contributed by atoms with Crippen molar-refractivity contribution in [2.75, 3.05) is 18.4 Å². The maximum absolute atomic E-state index is 12.9. The maximum atomic E-state index is 12.9. The minimum absolute atomic E-state index is 0.0762. The Labute approximate surface area is 139 Å². The highest BCUT2D eigenvalue weighted by Crippen LogP contribution is 2.33. The third kappa shape index (κ3) is 4.56. The summed E-state index contributed by atoms with van der Waals surface area (Å²) in [6, 6.07) is 5.76. The summed E-state index contributed by atoms with van der Waals surface area (Å²) >= 11 is 0. The molecule has 0 spiro atoms. The molecule has 1 saturated heterocycles. The van der Waals surface area contributed by atoms with Crippen molar-refractivity contribution >= 4 is 17.4 Å². The number of anilines is 1. The van der Waals surface area contributed by atoms with Crippen molar-refractivity contribution in [3.63, 3.8) is 0 Å². The number of carbonyl (C=O) groups excluding carboxylic acids is 2. The van der Waals surface area contributed by atoms with Crippen LogP contribution in [0.25, 0.3) is 0 Å². The number of nitrogens with one attached hydrogen (secondary N) is 1. The van der Waals surface area contributed by atoms with Gasteiger partial charge in [-0.2, -0.15) is 13.2 Å². The van der Waals surface area contributed by atoms with E-state index in [1.807, 2.05) is 0 Å². The maximum Gasteiger partial charge on any atom is 0.393 e. The molecule has 1 aromatic rings. The number of piperidine rings is 1. The van der Waals surface area contributed by atoms with Gasteiger partial charge in [0.05, 0.1) is 12.0 Å². The van der Waals surface area contributed by atoms with Crippen molar-refractivity contribution in [2.24, 2.45) is 5.92 Å². The van der Waals surface area contributed by atoms with Crippen LogP contribution in [-0.2, 0) is 4.79 Å². The van der Waals surface area contributed by atoms with Crippen LogP contribution in [0.15, 0.2) is 24.3 Å². The standard InChI is InChI=1S/C17H21F3N2O2/c1-11(22-9-3-4-14(10-22)17(18,19)20)16(24)21-15-7-5-13(6-8-15)12(2)23/h5-8,11,14H,3-4,9-10H2,1-2H3,(H,21,24)/t11-,14-/m0/s1. The van der Waals surface area contributed by atoms with Gasteiger partial charge < -0.3 is 5.32 Å². The van der Waals surface area contributed by atoms with Gasteiger partial charge in [0, 0.05) is 17.8 Å². The zero-order chi connectivity index (χ0) is 17.9. The number of likely N-dealkylation sites (tertiary alicyclic amines) is 1. The van der Waals surface area contributed by atoms with E-state index in [-0.39, 0.29) is 24.7 Å². The van der Waals surface area contributed by atoms with Crippen LogP contribution in [0.1, 0.15) is 37.0 Å². The third-order valence-corrected chi connectivity index (χ3v) is 4.40. The summed E-state index contributed by atoms with van der Waals surface area (Å²) in [7, 11) is 0. The molecule has 132 valence electrons. The van der Waals surface area contributed by atoms with Gasteiger partial charge in [0.25, 0.3) is 0 Å². The number of amides is 1. The Hall–Kier alpha value is -1.89. The van der Waals surface area contributed by atoms with Gasteiger partial charge in [-0.25, -0.2) is 0 Å². The third-order valence-electron chi connectivity index (χ3n) is 4.40. The average molecular weight is 342 g/mol. The summed E-state index contributed by atoms with van der Waals surface area (Å²) in [4.78, 5) is 25.1. The zero-order valence-corrected chi connectivity index (χ0v) is 13.7. The molecule has 0 saturated carbocycles. The lowest BCUT2D eigenvalue weighted by atomic mass is 9.96. The fraction of sp³-hybridized carbons (Fsp3) is 0.529. The van der Waals surface area contributed by atoms with Gasteiger partial charge in [-0.05, 0) is 57.5 Å². The fourth-order valence-electron chi connectivity index (χ4n) is 2.83. The van der Waals surface area contributed by atoms with Crippen LogP contribution in [0.2, 0.25) is 0 Å². The van der Waals surface area contributed by atoms with Crippen LogP contribution in [0.4, 0.5) is 18.9 Å². The molecule has 7 heteroatoms. The van der Waals surface area contributed by atoms with E-state index in [4.69, 9.17) is 0 Å². The molecule has 2 rings (SSSR count). The van der Waals surface area contributed by atoms with E-state index in [0.717, 1.165) is 0 Å². The van der Waals surface area contributed by atoms with Crippen molar-refractivity contribution in [3.8, 4) is 0 Å². The SMILES string of the molecule is CC(=O)c1ccc(NC(=O)[C@H](C)N2CCC[C@H](C(F)(F)F)C2)cc1. The predicted molar refractivity (Wildman–Crippen MR) is 84.9 cm³/mol. The highest BCUT2D eigenvalue weighted by atomic mass is 19.4. The first-order valence-electron chi connectivity index (χ1n) is 7.91. The van der Waals surface area contributed by atoms with E-state index in [2.05, 4.69) is 5.32 Å². The number of benzene rings is 1. The highest BCUT2D eigenvalue weighted by Gasteiger charge is 2.43. The second-order valence-electron chi connectivity index (χ2n) is 6.17. The van der Waals surface area contributed by atoms with Crippen molar-refractivity contribution in [2.45, 2.75) is 38.9 Å². The first kappa shape index (κ1) is 18.4. The summed E-state index contributed by atoms with van der Waals surface area (Å²) in [6.07, 6.45) is -3.69. The zero-order valence-electron chi connectivity index (χ0n) is 13.7. The number of Topliss-reactive ketones (excluding diaryl/α,β-unsaturated/α-hetero) is 1. The second kappa shape index (κ2) is 7.34. The molecule has 1 aliphatic rings. The van der Waals surface area contributed by atoms with Gasteiger partial charge in [-0.3, -0.25) is 14.5 Å². The summed E-state index contributed by atoms with van der Waals surface area (Å²) in [6.45, 7) is 3.38. The molecular weight excluding hydrogens is 321 g/mol.